The highest BCUT2D eigenvalue weighted by atomic mass is 16.5. The van der Waals surface area contributed by atoms with Crippen molar-refractivity contribution >= 4 is 16.7 Å². The van der Waals surface area contributed by atoms with Gasteiger partial charge in [0, 0.05) is 22.6 Å². The summed E-state index contributed by atoms with van der Waals surface area (Å²) in [6.07, 6.45) is 1.80. The minimum atomic E-state index is -0.0929. The molecule has 0 heterocycles. The molecule has 0 radical (unpaired) electrons. The molecule has 168 valence electrons. The van der Waals surface area contributed by atoms with Crippen LogP contribution in [0.4, 0.5) is 0 Å². The number of carbonyl (C=O) groups excluding carboxylic acids is 1. The van der Waals surface area contributed by atoms with E-state index >= 15 is 0 Å². The number of hydrogen-bond acceptors (Lipinski definition) is 3. The summed E-state index contributed by atoms with van der Waals surface area (Å²) in [5.41, 5.74) is 2.70. The fourth-order valence-electron chi connectivity index (χ4n) is 3.92. The Balaban J connectivity index is 1.43. The Morgan fingerprint density at radius 3 is 2.45 bits per heavy atom. The predicted octanol–water partition coefficient (Wildman–Crippen LogP) is 6.18. The van der Waals surface area contributed by atoms with Gasteiger partial charge in [-0.25, -0.2) is 0 Å². The van der Waals surface area contributed by atoms with Crippen LogP contribution in [0.2, 0.25) is 0 Å². The Morgan fingerprint density at radius 2 is 1.64 bits per heavy atom. The minimum absolute atomic E-state index is 0.0650. The lowest BCUT2D eigenvalue weighted by Gasteiger charge is -2.16. The van der Waals surface area contributed by atoms with Gasteiger partial charge in [-0.2, -0.15) is 0 Å². The summed E-state index contributed by atoms with van der Waals surface area (Å²) in [5.74, 6) is 1.41. The molecule has 4 heteroatoms. The van der Waals surface area contributed by atoms with E-state index in [4.69, 9.17) is 9.47 Å². The van der Waals surface area contributed by atoms with E-state index < -0.39 is 0 Å². The van der Waals surface area contributed by atoms with Crippen molar-refractivity contribution in [2.45, 2.75) is 32.4 Å². The molecule has 4 aromatic rings. The summed E-state index contributed by atoms with van der Waals surface area (Å²) < 4.78 is 11.7. The van der Waals surface area contributed by atoms with Crippen LogP contribution in [0.15, 0.2) is 91.0 Å². The van der Waals surface area contributed by atoms with Crippen LogP contribution in [-0.4, -0.2) is 19.1 Å². The Bertz CT molecular complexity index is 1210. The molecule has 4 rings (SSSR count). The van der Waals surface area contributed by atoms with Gasteiger partial charge in [-0.15, -0.1) is 0 Å². The zero-order valence-electron chi connectivity index (χ0n) is 19.1. The SMILES string of the molecule is COc1ccc(C(=O)N[C@@H](C)CCc2ccccc2)cc1COc1cccc2ccccc12. The third-order valence-electron chi connectivity index (χ3n) is 5.76. The molecule has 4 nitrogen and oxygen atoms in total. The topological polar surface area (TPSA) is 47.6 Å². The molecule has 0 bridgehead atoms. The summed E-state index contributed by atoms with van der Waals surface area (Å²) in [4.78, 5) is 12.9. The van der Waals surface area contributed by atoms with Gasteiger partial charge in [0.05, 0.1) is 7.11 Å². The average molecular weight is 440 g/mol. The van der Waals surface area contributed by atoms with E-state index in [1.807, 2.05) is 67.6 Å². The van der Waals surface area contributed by atoms with Gasteiger partial charge in [0.1, 0.15) is 18.1 Å². The van der Waals surface area contributed by atoms with Gasteiger partial charge in [0.15, 0.2) is 0 Å². The van der Waals surface area contributed by atoms with Gasteiger partial charge < -0.3 is 14.8 Å². The van der Waals surface area contributed by atoms with Crippen molar-refractivity contribution in [1.29, 1.82) is 0 Å². The van der Waals surface area contributed by atoms with Crippen LogP contribution >= 0.6 is 0 Å². The number of benzene rings is 4. The lowest BCUT2D eigenvalue weighted by Crippen LogP contribution is -2.33. The molecular formula is C29H29NO3. The summed E-state index contributed by atoms with van der Waals surface area (Å²) >= 11 is 0. The highest BCUT2D eigenvalue weighted by Crippen LogP contribution is 2.28. The van der Waals surface area contributed by atoms with Crippen molar-refractivity contribution < 1.29 is 14.3 Å². The summed E-state index contributed by atoms with van der Waals surface area (Å²) in [6.45, 7) is 2.34. The number of carbonyl (C=O) groups is 1. The smallest absolute Gasteiger partial charge is 0.251 e. The third kappa shape index (κ3) is 5.72. The van der Waals surface area contributed by atoms with Gasteiger partial charge in [-0.1, -0.05) is 66.7 Å². The molecule has 0 aromatic heterocycles. The van der Waals surface area contributed by atoms with Crippen molar-refractivity contribution in [2.75, 3.05) is 7.11 Å². The molecule has 0 aliphatic heterocycles. The zero-order valence-corrected chi connectivity index (χ0v) is 19.1. The first-order valence-electron chi connectivity index (χ1n) is 11.3. The Labute approximate surface area is 195 Å². The molecule has 0 fully saturated rings. The number of aryl methyl sites for hydroxylation is 1. The van der Waals surface area contributed by atoms with E-state index in [2.05, 4.69) is 29.6 Å². The molecule has 0 aliphatic rings. The van der Waals surface area contributed by atoms with Gasteiger partial charge >= 0.3 is 0 Å². The third-order valence-corrected chi connectivity index (χ3v) is 5.76. The second-order valence-electron chi connectivity index (χ2n) is 8.19. The molecule has 0 saturated carbocycles. The Kier molecular flexibility index (Phi) is 7.26. The lowest BCUT2D eigenvalue weighted by molar-refractivity contribution is 0.0938. The summed E-state index contributed by atoms with van der Waals surface area (Å²) in [5, 5.41) is 5.29. The van der Waals surface area contributed by atoms with Crippen LogP contribution in [0.5, 0.6) is 11.5 Å². The summed E-state index contributed by atoms with van der Waals surface area (Å²) in [6, 6.07) is 30.0. The molecule has 1 N–H and O–H groups in total. The highest BCUT2D eigenvalue weighted by molar-refractivity contribution is 5.94. The van der Waals surface area contributed by atoms with Gasteiger partial charge in [0.25, 0.3) is 5.91 Å². The van der Waals surface area contributed by atoms with E-state index in [9.17, 15) is 4.79 Å². The number of nitrogens with one attached hydrogen (secondary N) is 1. The van der Waals surface area contributed by atoms with E-state index in [1.54, 1.807) is 13.2 Å². The average Bonchev–Trinajstić information content (AvgIpc) is 2.86. The van der Waals surface area contributed by atoms with Crippen molar-refractivity contribution in [1.82, 2.24) is 5.32 Å². The number of fused-ring (bicyclic) bond motifs is 1. The van der Waals surface area contributed by atoms with Crippen LogP contribution in [0.1, 0.15) is 34.8 Å². The van der Waals surface area contributed by atoms with Crippen LogP contribution < -0.4 is 14.8 Å². The van der Waals surface area contributed by atoms with Crippen LogP contribution in [-0.2, 0) is 13.0 Å². The first-order valence-corrected chi connectivity index (χ1v) is 11.3. The van der Waals surface area contributed by atoms with Crippen molar-refractivity contribution in [3.05, 3.63) is 108 Å². The number of hydrogen-bond donors (Lipinski definition) is 1. The fraction of sp³-hybridized carbons (Fsp3) is 0.207. The molecule has 0 spiro atoms. The quantitative estimate of drug-likeness (QED) is 0.339. The van der Waals surface area contributed by atoms with Crippen LogP contribution in [0.3, 0.4) is 0 Å². The molecule has 33 heavy (non-hydrogen) atoms. The first-order chi connectivity index (χ1) is 16.1. The first kappa shape index (κ1) is 22.4. The molecule has 0 saturated heterocycles. The number of methoxy groups -OCH3 is 1. The van der Waals surface area contributed by atoms with Crippen molar-refractivity contribution in [2.24, 2.45) is 0 Å². The maximum Gasteiger partial charge on any atom is 0.251 e. The maximum absolute atomic E-state index is 12.9. The van der Waals surface area contributed by atoms with E-state index in [0.717, 1.165) is 34.9 Å². The second-order valence-corrected chi connectivity index (χ2v) is 8.19. The summed E-state index contributed by atoms with van der Waals surface area (Å²) in [7, 11) is 1.63. The fourth-order valence-corrected chi connectivity index (χ4v) is 3.92. The van der Waals surface area contributed by atoms with E-state index in [1.165, 1.54) is 5.56 Å². The molecule has 1 atom stereocenters. The number of ether oxygens (including phenoxy) is 2. The molecule has 4 aromatic carbocycles. The second kappa shape index (κ2) is 10.7. The largest absolute Gasteiger partial charge is 0.496 e. The normalized spacial score (nSPS) is 11.7. The Hall–Kier alpha value is -3.79. The van der Waals surface area contributed by atoms with Crippen molar-refractivity contribution in [3.8, 4) is 11.5 Å². The van der Waals surface area contributed by atoms with E-state index in [-0.39, 0.29) is 11.9 Å². The molecular weight excluding hydrogens is 410 g/mol. The zero-order chi connectivity index (χ0) is 23.0. The maximum atomic E-state index is 12.9. The van der Waals surface area contributed by atoms with Crippen LogP contribution in [0.25, 0.3) is 10.8 Å². The molecule has 0 unspecified atom stereocenters. The van der Waals surface area contributed by atoms with Crippen LogP contribution in [0, 0.1) is 0 Å². The molecule has 0 aliphatic carbocycles. The lowest BCUT2D eigenvalue weighted by atomic mass is 10.1. The minimum Gasteiger partial charge on any atom is -0.496 e. The monoisotopic (exact) mass is 439 g/mol. The van der Waals surface area contributed by atoms with E-state index in [0.29, 0.717) is 17.9 Å². The van der Waals surface area contributed by atoms with Gasteiger partial charge in [-0.3, -0.25) is 4.79 Å². The number of rotatable bonds is 9. The highest BCUT2D eigenvalue weighted by Gasteiger charge is 2.14. The molecule has 1 amide bonds. The van der Waals surface area contributed by atoms with Gasteiger partial charge in [-0.05, 0) is 55.0 Å². The predicted molar refractivity (Wildman–Crippen MR) is 133 cm³/mol. The number of amides is 1. The van der Waals surface area contributed by atoms with Gasteiger partial charge in [0.2, 0.25) is 0 Å². The standard InChI is InChI=1S/C29H29NO3/c1-21(15-16-22-9-4-3-5-10-22)30-29(31)24-17-18-27(32-2)25(19-24)20-33-28-14-8-12-23-11-6-7-13-26(23)28/h3-14,17-19,21H,15-16,20H2,1-2H3,(H,30,31)/t21-/m0/s1. The van der Waals surface area contributed by atoms with Crippen molar-refractivity contribution in [3.63, 3.8) is 0 Å². The Morgan fingerprint density at radius 1 is 0.879 bits per heavy atom.